The molecule has 2 aliphatic rings. The number of rotatable bonds is 24. The Hall–Kier alpha value is -1.39. The van der Waals surface area contributed by atoms with Gasteiger partial charge < -0.3 is 32.6 Å². The predicted octanol–water partition coefficient (Wildman–Crippen LogP) is 12.2. The first-order valence-electron chi connectivity index (χ1n) is 24.0. The average Bonchev–Trinajstić information content (AvgIpc) is 3.99. The fourth-order valence-electron chi connectivity index (χ4n) is 9.45. The summed E-state index contributed by atoms with van der Waals surface area (Å²) in [6.07, 6.45) is 11.0. The van der Waals surface area contributed by atoms with Crippen molar-refractivity contribution in [3.8, 4) is 0 Å². The van der Waals surface area contributed by atoms with Gasteiger partial charge in [-0.3, -0.25) is 9.59 Å². The molecule has 0 aromatic carbocycles. The van der Waals surface area contributed by atoms with Crippen molar-refractivity contribution in [1.29, 1.82) is 0 Å². The van der Waals surface area contributed by atoms with Gasteiger partial charge in [0.15, 0.2) is 25.0 Å². The molecule has 0 spiro atoms. The zero-order valence-electron chi connectivity index (χ0n) is 41.1. The first-order valence-corrected chi connectivity index (χ1v) is 31.6. The van der Waals surface area contributed by atoms with Gasteiger partial charge in [-0.05, 0) is 106 Å². The number of aliphatic hydroxyl groups is 1. The number of epoxide rings is 1. The summed E-state index contributed by atoms with van der Waals surface area (Å²) >= 11 is 0. The smallest absolute Gasteiger partial charge is 0.308 e. The van der Waals surface area contributed by atoms with Crippen molar-refractivity contribution in [1.82, 2.24) is 0 Å². The van der Waals surface area contributed by atoms with Crippen molar-refractivity contribution in [2.24, 2.45) is 11.8 Å². The predicted molar refractivity (Wildman–Crippen MR) is 255 cm³/mol. The molecule has 2 rings (SSSR count). The third kappa shape index (κ3) is 15.4. The first kappa shape index (κ1) is 54.7. The molecule has 0 radical (unpaired) electrons. The van der Waals surface area contributed by atoms with Crippen LogP contribution in [0.4, 0.5) is 0 Å². The first-order chi connectivity index (χ1) is 28.2. The van der Waals surface area contributed by atoms with E-state index < -0.39 is 60.4 Å². The Labute approximate surface area is 370 Å². The minimum absolute atomic E-state index is 0.0838. The molecule has 1 fully saturated rings. The van der Waals surface area contributed by atoms with Gasteiger partial charge in [-0.15, -0.1) is 0 Å². The Morgan fingerprint density at radius 1 is 0.917 bits per heavy atom. The average molecular weight is 895 g/mol. The molecule has 9 nitrogen and oxygen atoms in total. The topological polar surface area (TPSA) is 113 Å². The number of esters is 2. The number of carbonyl (C=O) groups is 2. The number of hydrogen-bond acceptors (Lipinski definition) is 9. The molecule has 348 valence electrons. The van der Waals surface area contributed by atoms with E-state index in [0.29, 0.717) is 18.8 Å². The molecule has 0 aromatic rings. The fourth-order valence-corrected chi connectivity index (χ4v) is 18.5. The van der Waals surface area contributed by atoms with Crippen molar-refractivity contribution in [3.05, 3.63) is 36.0 Å². The molecular weight excluding hydrogens is 805 g/mol. The normalized spacial score (nSPS) is 28.9. The van der Waals surface area contributed by atoms with Crippen molar-refractivity contribution >= 4 is 36.9 Å². The van der Waals surface area contributed by atoms with E-state index in [9.17, 15) is 14.7 Å². The van der Waals surface area contributed by atoms with Crippen LogP contribution in [0.25, 0.3) is 0 Å². The van der Waals surface area contributed by atoms with E-state index in [4.69, 9.17) is 27.5 Å². The molecule has 2 heterocycles. The second-order valence-corrected chi connectivity index (χ2v) is 32.8. The van der Waals surface area contributed by atoms with Gasteiger partial charge in [0.25, 0.3) is 0 Å². The SMILES string of the molecule is CC[C@H](O[Si](CC)(CC)CC)[C@@H](C)[C@@H]1O[C@H]1C[C@](C)(/C=C/C=C(\C)[C@H]1OC(=O)C[C@H](O[Si](CC)(CC)CC)CC[C@@](C)(O)[C@@H](OC(C)=O)/C=C\[C@@H]1C)O[Si](CC)(CC)CC. The third-order valence-electron chi connectivity index (χ3n) is 14.7. The lowest BCUT2D eigenvalue weighted by Gasteiger charge is -2.39. The molecule has 0 aromatic heterocycles. The van der Waals surface area contributed by atoms with Crippen LogP contribution in [0.15, 0.2) is 36.0 Å². The molecule has 10 atom stereocenters. The van der Waals surface area contributed by atoms with Crippen molar-refractivity contribution in [3.63, 3.8) is 0 Å². The van der Waals surface area contributed by atoms with Crippen LogP contribution in [0, 0.1) is 11.8 Å². The van der Waals surface area contributed by atoms with E-state index >= 15 is 0 Å². The number of carbonyl (C=O) groups excluding carboxylic acids is 2. The Balaban J connectivity index is 2.52. The van der Waals surface area contributed by atoms with E-state index in [-0.39, 0.29) is 36.6 Å². The summed E-state index contributed by atoms with van der Waals surface area (Å²) in [6.45, 7) is 34.0. The molecule has 60 heavy (non-hydrogen) atoms. The van der Waals surface area contributed by atoms with Crippen molar-refractivity contribution < 1.29 is 42.2 Å². The van der Waals surface area contributed by atoms with Gasteiger partial charge in [-0.1, -0.05) is 107 Å². The van der Waals surface area contributed by atoms with Crippen LogP contribution in [-0.2, 0) is 37.1 Å². The van der Waals surface area contributed by atoms with Crippen LogP contribution in [0.3, 0.4) is 0 Å². The van der Waals surface area contributed by atoms with Crippen LogP contribution in [-0.4, -0.2) is 89.8 Å². The van der Waals surface area contributed by atoms with Gasteiger partial charge >= 0.3 is 11.9 Å². The monoisotopic (exact) mass is 895 g/mol. The summed E-state index contributed by atoms with van der Waals surface area (Å²) in [5.41, 5.74) is -1.04. The van der Waals surface area contributed by atoms with E-state index in [0.717, 1.165) is 72.8 Å². The molecule has 0 bridgehead atoms. The molecule has 0 aliphatic carbocycles. The second-order valence-electron chi connectivity index (χ2n) is 18.7. The highest BCUT2D eigenvalue weighted by molar-refractivity contribution is 6.74. The zero-order valence-corrected chi connectivity index (χ0v) is 44.1. The van der Waals surface area contributed by atoms with Crippen LogP contribution in [0.1, 0.15) is 143 Å². The minimum Gasteiger partial charge on any atom is -0.457 e. The number of hydrogen-bond donors (Lipinski definition) is 1. The molecule has 1 saturated heterocycles. The van der Waals surface area contributed by atoms with Gasteiger partial charge in [-0.2, -0.15) is 0 Å². The highest BCUT2D eigenvalue weighted by atomic mass is 28.4. The maximum absolute atomic E-state index is 13.9. The Morgan fingerprint density at radius 3 is 1.97 bits per heavy atom. The van der Waals surface area contributed by atoms with Crippen LogP contribution in [0.2, 0.25) is 54.4 Å². The summed E-state index contributed by atoms with van der Waals surface area (Å²) in [5.74, 6) is -0.775. The Kier molecular flexibility index (Phi) is 22.5. The highest BCUT2D eigenvalue weighted by Gasteiger charge is 2.51. The maximum atomic E-state index is 13.9. The van der Waals surface area contributed by atoms with Crippen molar-refractivity contribution in [2.75, 3.05) is 0 Å². The number of allylic oxidation sites excluding steroid dienone is 2. The summed E-state index contributed by atoms with van der Waals surface area (Å²) in [5, 5.41) is 11.7. The summed E-state index contributed by atoms with van der Waals surface area (Å²) in [6, 6.07) is 9.36. The molecule has 0 unspecified atom stereocenters. The van der Waals surface area contributed by atoms with Gasteiger partial charge in [0.05, 0.1) is 30.3 Å². The number of cyclic esters (lactones) is 1. The third-order valence-corrected chi connectivity index (χ3v) is 28.8. The second kappa shape index (κ2) is 24.6. The molecule has 0 saturated carbocycles. The molecular formula is C48H90O9Si3. The largest absolute Gasteiger partial charge is 0.457 e. The number of ether oxygens (including phenoxy) is 3. The quantitative estimate of drug-likeness (QED) is 0.0333. The zero-order chi connectivity index (χ0) is 45.5. The van der Waals surface area contributed by atoms with E-state index in [1.54, 1.807) is 13.0 Å². The van der Waals surface area contributed by atoms with Gasteiger partial charge in [0.1, 0.15) is 17.8 Å². The minimum atomic E-state index is -2.10. The van der Waals surface area contributed by atoms with Crippen molar-refractivity contribution in [2.45, 2.75) is 245 Å². The van der Waals surface area contributed by atoms with E-state index in [1.165, 1.54) is 6.92 Å². The standard InChI is InChI=1S/C48H90O9Si3/c1-17-41(56-59(21-5,22-6)23-7)38(13)46-42(53-46)35-47(15,57-60(24-8,25-9)26-10)32-27-28-36(11)45-37(12)29-30-43(52-39(14)49)48(16,51)33-31-40(34-44(50)54-45)55-58(18-2,19-3)20-4/h27-30,32,37-38,40-43,45-46,51H,17-26,31,33-35H2,1-16H3/b30-29-,32-27+,36-28+/t37-,38+,40+,41-,42-,43-,45+,46-,47-,48+/m0/s1. The summed E-state index contributed by atoms with van der Waals surface area (Å²) < 4.78 is 39.8. The lowest BCUT2D eigenvalue weighted by Crippen LogP contribution is -2.46. The maximum Gasteiger partial charge on any atom is 0.308 e. The highest BCUT2D eigenvalue weighted by Crippen LogP contribution is 2.42. The summed E-state index contributed by atoms with van der Waals surface area (Å²) in [7, 11) is -5.90. The molecule has 12 heteroatoms. The lowest BCUT2D eigenvalue weighted by molar-refractivity contribution is -0.157. The van der Waals surface area contributed by atoms with Gasteiger partial charge in [-0.25, -0.2) is 0 Å². The summed E-state index contributed by atoms with van der Waals surface area (Å²) in [4.78, 5) is 26.1. The van der Waals surface area contributed by atoms with E-state index in [2.05, 4.69) is 95.2 Å². The van der Waals surface area contributed by atoms with E-state index in [1.807, 2.05) is 26.0 Å². The molecule has 2 aliphatic heterocycles. The van der Waals surface area contributed by atoms with Gasteiger partial charge in [0, 0.05) is 31.3 Å². The molecule has 1 N–H and O–H groups in total. The molecule has 0 amide bonds. The van der Waals surface area contributed by atoms with Crippen LogP contribution in [0.5, 0.6) is 0 Å². The lowest BCUT2D eigenvalue weighted by atomic mass is 9.88. The fraction of sp³-hybridized carbons (Fsp3) is 0.833. The van der Waals surface area contributed by atoms with Crippen LogP contribution < -0.4 is 0 Å². The van der Waals surface area contributed by atoms with Crippen LogP contribution >= 0.6 is 0 Å². The Bertz CT molecular complexity index is 1380. The Morgan fingerprint density at radius 2 is 1.47 bits per heavy atom. The van der Waals surface area contributed by atoms with Gasteiger partial charge in [0.2, 0.25) is 0 Å².